The van der Waals surface area contributed by atoms with E-state index in [9.17, 15) is 0 Å². The Kier molecular flexibility index (Phi) is 3.14. The van der Waals surface area contributed by atoms with Gasteiger partial charge in [0, 0.05) is 17.5 Å². The summed E-state index contributed by atoms with van der Waals surface area (Å²) in [6, 6.07) is 8.41. The van der Waals surface area contributed by atoms with Gasteiger partial charge in [0.2, 0.25) is 0 Å². The van der Waals surface area contributed by atoms with Gasteiger partial charge in [-0.2, -0.15) is 0 Å². The average Bonchev–Trinajstić information content (AvgIpc) is 2.80. The number of benzene rings is 1. The normalized spacial score (nSPS) is 27.5. The zero-order valence-electron chi connectivity index (χ0n) is 10.2. The van der Waals surface area contributed by atoms with Crippen LogP contribution in [0.1, 0.15) is 43.6 Å². The van der Waals surface area contributed by atoms with Crippen molar-refractivity contribution in [2.75, 3.05) is 13.1 Å². The van der Waals surface area contributed by atoms with E-state index in [0.717, 1.165) is 11.6 Å². The van der Waals surface area contributed by atoms with Gasteiger partial charge in [0.05, 0.1) is 0 Å². The maximum atomic E-state index is 6.39. The van der Waals surface area contributed by atoms with Gasteiger partial charge in [0.15, 0.2) is 0 Å². The molecule has 1 saturated carbocycles. The van der Waals surface area contributed by atoms with E-state index in [0.29, 0.717) is 11.3 Å². The highest BCUT2D eigenvalue weighted by molar-refractivity contribution is 6.31. The van der Waals surface area contributed by atoms with Crippen molar-refractivity contribution < 1.29 is 0 Å². The quantitative estimate of drug-likeness (QED) is 0.794. The van der Waals surface area contributed by atoms with Crippen LogP contribution in [0.2, 0.25) is 5.02 Å². The number of rotatable bonds is 1. The Morgan fingerprint density at radius 3 is 2.65 bits per heavy atom. The topological polar surface area (TPSA) is 12.0 Å². The molecular weight excluding hydrogens is 230 g/mol. The molecule has 17 heavy (non-hydrogen) atoms. The van der Waals surface area contributed by atoms with Gasteiger partial charge in [-0.25, -0.2) is 0 Å². The van der Waals surface area contributed by atoms with Crippen molar-refractivity contribution in [3.8, 4) is 0 Å². The SMILES string of the molecule is Clc1ccccc1C1CNCCC12CCCC2. The van der Waals surface area contributed by atoms with Crippen LogP contribution in [-0.4, -0.2) is 13.1 Å². The van der Waals surface area contributed by atoms with E-state index in [1.165, 1.54) is 44.2 Å². The molecule has 3 rings (SSSR count). The minimum Gasteiger partial charge on any atom is -0.316 e. The molecule has 1 aromatic rings. The van der Waals surface area contributed by atoms with Crippen molar-refractivity contribution in [1.82, 2.24) is 5.32 Å². The van der Waals surface area contributed by atoms with E-state index in [-0.39, 0.29) is 0 Å². The summed E-state index contributed by atoms with van der Waals surface area (Å²) in [5.41, 5.74) is 1.90. The summed E-state index contributed by atoms with van der Waals surface area (Å²) in [6.07, 6.45) is 6.92. The molecule has 1 aromatic carbocycles. The lowest BCUT2D eigenvalue weighted by molar-refractivity contribution is 0.170. The monoisotopic (exact) mass is 249 g/mol. The van der Waals surface area contributed by atoms with Gasteiger partial charge < -0.3 is 5.32 Å². The molecule has 0 aromatic heterocycles. The first-order valence-corrected chi connectivity index (χ1v) is 7.15. The third-order valence-electron chi connectivity index (χ3n) is 4.77. The molecule has 1 spiro atoms. The Bertz CT molecular complexity index is 396. The standard InChI is InChI=1S/C15H20ClN/c16-14-6-2-1-5-12(14)13-11-17-10-9-15(13)7-3-4-8-15/h1-2,5-6,13,17H,3-4,7-11H2. The molecule has 0 bridgehead atoms. The van der Waals surface area contributed by atoms with Crippen molar-refractivity contribution in [3.63, 3.8) is 0 Å². The van der Waals surface area contributed by atoms with Crippen LogP contribution in [0.15, 0.2) is 24.3 Å². The number of hydrogen-bond donors (Lipinski definition) is 1. The van der Waals surface area contributed by atoms with Gasteiger partial charge in [0.25, 0.3) is 0 Å². The maximum absolute atomic E-state index is 6.39. The van der Waals surface area contributed by atoms with Crippen molar-refractivity contribution in [1.29, 1.82) is 0 Å². The molecule has 1 nitrogen and oxygen atoms in total. The summed E-state index contributed by atoms with van der Waals surface area (Å²) in [7, 11) is 0. The molecule has 1 aliphatic heterocycles. The smallest absolute Gasteiger partial charge is 0.0441 e. The Labute approximate surface area is 109 Å². The summed E-state index contributed by atoms with van der Waals surface area (Å²) >= 11 is 6.39. The molecule has 2 heteroatoms. The van der Waals surface area contributed by atoms with Crippen LogP contribution in [0.25, 0.3) is 0 Å². The van der Waals surface area contributed by atoms with Crippen LogP contribution in [-0.2, 0) is 0 Å². The van der Waals surface area contributed by atoms with E-state index < -0.39 is 0 Å². The predicted octanol–water partition coefficient (Wildman–Crippen LogP) is 3.98. The Morgan fingerprint density at radius 1 is 1.12 bits per heavy atom. The second kappa shape index (κ2) is 4.62. The van der Waals surface area contributed by atoms with Gasteiger partial charge in [-0.1, -0.05) is 42.6 Å². The molecule has 92 valence electrons. The lowest BCUT2D eigenvalue weighted by Gasteiger charge is -2.42. The lowest BCUT2D eigenvalue weighted by atomic mass is 9.67. The first kappa shape index (κ1) is 11.6. The van der Waals surface area contributed by atoms with Crippen LogP contribution in [0.3, 0.4) is 0 Å². The van der Waals surface area contributed by atoms with Crippen LogP contribution >= 0.6 is 11.6 Å². The second-order valence-electron chi connectivity index (χ2n) is 5.60. The van der Waals surface area contributed by atoms with E-state index in [2.05, 4.69) is 17.4 Å². The molecular formula is C15H20ClN. The van der Waals surface area contributed by atoms with E-state index in [1.807, 2.05) is 12.1 Å². The maximum Gasteiger partial charge on any atom is 0.0441 e. The van der Waals surface area contributed by atoms with Crippen LogP contribution < -0.4 is 5.32 Å². The van der Waals surface area contributed by atoms with Crippen LogP contribution in [0.4, 0.5) is 0 Å². The van der Waals surface area contributed by atoms with Crippen LogP contribution in [0.5, 0.6) is 0 Å². The number of nitrogens with one attached hydrogen (secondary N) is 1. The van der Waals surface area contributed by atoms with Gasteiger partial charge in [-0.3, -0.25) is 0 Å². The van der Waals surface area contributed by atoms with E-state index in [1.54, 1.807) is 0 Å². The Morgan fingerprint density at radius 2 is 1.88 bits per heavy atom. The van der Waals surface area contributed by atoms with E-state index >= 15 is 0 Å². The molecule has 2 fully saturated rings. The van der Waals surface area contributed by atoms with Gasteiger partial charge in [0.1, 0.15) is 0 Å². The first-order valence-electron chi connectivity index (χ1n) is 6.77. The van der Waals surface area contributed by atoms with Crippen molar-refractivity contribution in [3.05, 3.63) is 34.9 Å². The molecule has 0 amide bonds. The third kappa shape index (κ3) is 2.00. The van der Waals surface area contributed by atoms with Gasteiger partial charge in [-0.15, -0.1) is 0 Å². The fourth-order valence-electron chi connectivity index (χ4n) is 3.85. The zero-order chi connectivity index (χ0) is 11.7. The highest BCUT2D eigenvalue weighted by atomic mass is 35.5. The highest BCUT2D eigenvalue weighted by Gasteiger charge is 2.43. The molecule has 1 saturated heterocycles. The minimum atomic E-state index is 0.538. The largest absolute Gasteiger partial charge is 0.316 e. The molecule has 1 heterocycles. The third-order valence-corrected chi connectivity index (χ3v) is 5.11. The van der Waals surface area contributed by atoms with Crippen molar-refractivity contribution in [2.24, 2.45) is 5.41 Å². The lowest BCUT2D eigenvalue weighted by Crippen LogP contribution is -2.42. The molecule has 1 aliphatic carbocycles. The summed E-state index contributed by atoms with van der Waals surface area (Å²) in [5, 5.41) is 4.50. The van der Waals surface area contributed by atoms with Gasteiger partial charge in [-0.05, 0) is 42.9 Å². The molecule has 1 atom stereocenters. The Hall–Kier alpha value is -0.530. The summed E-state index contributed by atoms with van der Waals surface area (Å²) in [6.45, 7) is 2.28. The van der Waals surface area contributed by atoms with Gasteiger partial charge >= 0.3 is 0 Å². The summed E-state index contributed by atoms with van der Waals surface area (Å²) < 4.78 is 0. The van der Waals surface area contributed by atoms with E-state index in [4.69, 9.17) is 11.6 Å². The van der Waals surface area contributed by atoms with Crippen molar-refractivity contribution in [2.45, 2.75) is 38.0 Å². The number of halogens is 1. The fraction of sp³-hybridized carbons (Fsp3) is 0.600. The summed E-state index contributed by atoms with van der Waals surface area (Å²) in [5.74, 6) is 0.618. The molecule has 1 unspecified atom stereocenters. The summed E-state index contributed by atoms with van der Waals surface area (Å²) in [4.78, 5) is 0. The van der Waals surface area contributed by atoms with Crippen molar-refractivity contribution >= 4 is 11.6 Å². The molecule has 0 radical (unpaired) electrons. The predicted molar refractivity (Wildman–Crippen MR) is 72.6 cm³/mol. The first-order chi connectivity index (χ1) is 8.32. The average molecular weight is 250 g/mol. The second-order valence-corrected chi connectivity index (χ2v) is 6.00. The number of piperidine rings is 1. The van der Waals surface area contributed by atoms with Crippen LogP contribution in [0, 0.1) is 5.41 Å². The fourth-order valence-corrected chi connectivity index (χ4v) is 4.12. The zero-order valence-corrected chi connectivity index (χ0v) is 11.0. The number of hydrogen-bond acceptors (Lipinski definition) is 1. The Balaban J connectivity index is 1.97. The molecule has 1 N–H and O–H groups in total. The highest BCUT2D eigenvalue weighted by Crippen LogP contribution is 2.53. The minimum absolute atomic E-state index is 0.538. The molecule has 2 aliphatic rings.